The van der Waals surface area contributed by atoms with Crippen LogP contribution in [0.15, 0.2) is 36.4 Å². The van der Waals surface area contributed by atoms with Gasteiger partial charge in [0.2, 0.25) is 0 Å². The van der Waals surface area contributed by atoms with Crippen LogP contribution in [0, 0.1) is 12.7 Å². The van der Waals surface area contributed by atoms with Gasteiger partial charge in [-0.3, -0.25) is 0 Å². The SMILES string of the molecule is Cc1ccc(-c2nc3cc(CN)ccc3n2C)c(F)c1. The van der Waals surface area contributed by atoms with Gasteiger partial charge in [-0.05, 0) is 42.3 Å². The molecule has 2 aromatic carbocycles. The Labute approximate surface area is 116 Å². The Hall–Kier alpha value is -2.20. The van der Waals surface area contributed by atoms with Crippen molar-refractivity contribution in [2.75, 3.05) is 0 Å². The van der Waals surface area contributed by atoms with Crippen LogP contribution < -0.4 is 5.73 Å². The van der Waals surface area contributed by atoms with Crippen molar-refractivity contribution < 1.29 is 4.39 Å². The molecule has 20 heavy (non-hydrogen) atoms. The lowest BCUT2D eigenvalue weighted by Crippen LogP contribution is -1.96. The highest BCUT2D eigenvalue weighted by Crippen LogP contribution is 2.26. The maximum atomic E-state index is 14.1. The third-order valence-corrected chi connectivity index (χ3v) is 3.55. The molecule has 4 heteroatoms. The van der Waals surface area contributed by atoms with E-state index >= 15 is 0 Å². The summed E-state index contributed by atoms with van der Waals surface area (Å²) in [4.78, 5) is 4.55. The molecule has 0 radical (unpaired) electrons. The first-order valence-corrected chi connectivity index (χ1v) is 6.52. The summed E-state index contributed by atoms with van der Waals surface area (Å²) in [6, 6.07) is 11.1. The molecule has 1 aromatic heterocycles. The summed E-state index contributed by atoms with van der Waals surface area (Å²) in [5, 5.41) is 0. The van der Waals surface area contributed by atoms with Crippen molar-refractivity contribution in [2.24, 2.45) is 12.8 Å². The van der Waals surface area contributed by atoms with Crippen molar-refractivity contribution in [3.05, 3.63) is 53.3 Å². The van der Waals surface area contributed by atoms with Gasteiger partial charge in [-0.25, -0.2) is 9.37 Å². The molecule has 0 aliphatic carbocycles. The molecule has 2 N–H and O–H groups in total. The van der Waals surface area contributed by atoms with Crippen molar-refractivity contribution in [2.45, 2.75) is 13.5 Å². The normalized spacial score (nSPS) is 11.2. The van der Waals surface area contributed by atoms with E-state index in [1.165, 1.54) is 6.07 Å². The third kappa shape index (κ3) is 1.98. The monoisotopic (exact) mass is 269 g/mol. The number of hydrogen-bond acceptors (Lipinski definition) is 2. The molecular weight excluding hydrogens is 253 g/mol. The van der Waals surface area contributed by atoms with E-state index in [0.29, 0.717) is 17.9 Å². The molecule has 0 saturated heterocycles. The number of aryl methyl sites for hydroxylation is 2. The second kappa shape index (κ2) is 4.72. The molecule has 3 nitrogen and oxygen atoms in total. The lowest BCUT2D eigenvalue weighted by Gasteiger charge is -2.04. The minimum Gasteiger partial charge on any atom is -0.327 e. The highest BCUT2D eigenvalue weighted by Gasteiger charge is 2.13. The fraction of sp³-hybridized carbons (Fsp3) is 0.188. The second-order valence-electron chi connectivity index (χ2n) is 5.00. The maximum Gasteiger partial charge on any atom is 0.143 e. The van der Waals surface area contributed by atoms with Crippen LogP contribution in [0.3, 0.4) is 0 Å². The average molecular weight is 269 g/mol. The highest BCUT2D eigenvalue weighted by atomic mass is 19.1. The van der Waals surface area contributed by atoms with Crippen LogP contribution in [0.2, 0.25) is 0 Å². The van der Waals surface area contributed by atoms with E-state index in [-0.39, 0.29) is 5.82 Å². The summed E-state index contributed by atoms with van der Waals surface area (Å²) in [7, 11) is 1.89. The summed E-state index contributed by atoms with van der Waals surface area (Å²) in [5.74, 6) is 0.383. The van der Waals surface area contributed by atoms with Gasteiger partial charge in [0.15, 0.2) is 0 Å². The summed E-state index contributed by atoms with van der Waals surface area (Å²) in [6.45, 7) is 2.34. The molecular formula is C16H16FN3. The zero-order chi connectivity index (χ0) is 14.3. The van der Waals surface area contributed by atoms with E-state index in [1.54, 1.807) is 6.07 Å². The Morgan fingerprint density at radius 2 is 2.00 bits per heavy atom. The Balaban J connectivity index is 2.23. The quantitative estimate of drug-likeness (QED) is 0.776. The number of benzene rings is 2. The largest absolute Gasteiger partial charge is 0.327 e. The Morgan fingerprint density at radius 3 is 2.70 bits per heavy atom. The Bertz CT molecular complexity index is 790. The molecule has 1 heterocycles. The number of nitrogens with zero attached hydrogens (tertiary/aromatic N) is 2. The molecule has 3 aromatic rings. The minimum atomic E-state index is -0.248. The Kier molecular flexibility index (Phi) is 3.03. The van der Waals surface area contributed by atoms with Crippen molar-refractivity contribution in [3.8, 4) is 11.4 Å². The second-order valence-corrected chi connectivity index (χ2v) is 5.00. The average Bonchev–Trinajstić information content (AvgIpc) is 2.75. The van der Waals surface area contributed by atoms with Crippen LogP contribution in [0.4, 0.5) is 4.39 Å². The first-order valence-electron chi connectivity index (χ1n) is 6.52. The number of imidazole rings is 1. The fourth-order valence-corrected chi connectivity index (χ4v) is 2.41. The first-order chi connectivity index (χ1) is 9.60. The van der Waals surface area contributed by atoms with E-state index in [4.69, 9.17) is 5.73 Å². The summed E-state index contributed by atoms with van der Waals surface area (Å²) >= 11 is 0. The van der Waals surface area contributed by atoms with Gasteiger partial charge in [0.1, 0.15) is 11.6 Å². The van der Waals surface area contributed by atoms with E-state index in [1.807, 2.05) is 42.8 Å². The van der Waals surface area contributed by atoms with Crippen molar-refractivity contribution in [1.29, 1.82) is 0 Å². The van der Waals surface area contributed by atoms with Gasteiger partial charge in [0.05, 0.1) is 16.6 Å². The predicted molar refractivity (Wildman–Crippen MR) is 78.7 cm³/mol. The van der Waals surface area contributed by atoms with Gasteiger partial charge in [-0.2, -0.15) is 0 Å². The van der Waals surface area contributed by atoms with Crippen molar-refractivity contribution >= 4 is 11.0 Å². The minimum absolute atomic E-state index is 0.248. The van der Waals surface area contributed by atoms with Crippen LogP contribution in [0.25, 0.3) is 22.4 Å². The zero-order valence-electron chi connectivity index (χ0n) is 11.5. The van der Waals surface area contributed by atoms with E-state index in [0.717, 1.165) is 22.2 Å². The summed E-state index contributed by atoms with van der Waals surface area (Å²) in [5.41, 5.74) is 9.89. The smallest absolute Gasteiger partial charge is 0.143 e. The molecule has 0 fully saturated rings. The predicted octanol–water partition coefficient (Wildman–Crippen LogP) is 3.15. The molecule has 0 aliphatic heterocycles. The highest BCUT2D eigenvalue weighted by molar-refractivity contribution is 5.81. The van der Waals surface area contributed by atoms with Crippen LogP contribution in [-0.4, -0.2) is 9.55 Å². The topological polar surface area (TPSA) is 43.8 Å². The number of aromatic nitrogens is 2. The van der Waals surface area contributed by atoms with E-state index in [9.17, 15) is 4.39 Å². The number of rotatable bonds is 2. The number of nitrogens with two attached hydrogens (primary N) is 1. The van der Waals surface area contributed by atoms with Gasteiger partial charge in [-0.15, -0.1) is 0 Å². The molecule has 0 aliphatic rings. The van der Waals surface area contributed by atoms with Gasteiger partial charge >= 0.3 is 0 Å². The number of halogens is 1. The van der Waals surface area contributed by atoms with Crippen LogP contribution in [0.5, 0.6) is 0 Å². The molecule has 0 amide bonds. The standard InChI is InChI=1S/C16H16FN3/c1-10-3-5-12(13(17)7-10)16-19-14-8-11(9-18)4-6-15(14)20(16)2/h3-8H,9,18H2,1-2H3. The van der Waals surface area contributed by atoms with Gasteiger partial charge in [0.25, 0.3) is 0 Å². The summed E-state index contributed by atoms with van der Waals surface area (Å²) < 4.78 is 16.0. The molecule has 0 saturated carbocycles. The van der Waals surface area contributed by atoms with Crippen molar-refractivity contribution in [3.63, 3.8) is 0 Å². The van der Waals surface area contributed by atoms with Gasteiger partial charge in [0, 0.05) is 13.6 Å². The molecule has 0 bridgehead atoms. The maximum absolute atomic E-state index is 14.1. The molecule has 102 valence electrons. The number of fused-ring (bicyclic) bond motifs is 1. The van der Waals surface area contributed by atoms with Gasteiger partial charge in [-0.1, -0.05) is 12.1 Å². The number of hydrogen-bond donors (Lipinski definition) is 1. The van der Waals surface area contributed by atoms with E-state index < -0.39 is 0 Å². The first kappa shape index (κ1) is 12.8. The fourth-order valence-electron chi connectivity index (χ4n) is 2.41. The lowest BCUT2D eigenvalue weighted by molar-refractivity contribution is 0.628. The van der Waals surface area contributed by atoms with Gasteiger partial charge < -0.3 is 10.3 Å². The van der Waals surface area contributed by atoms with Crippen LogP contribution in [0.1, 0.15) is 11.1 Å². The zero-order valence-corrected chi connectivity index (χ0v) is 11.5. The Morgan fingerprint density at radius 1 is 1.20 bits per heavy atom. The van der Waals surface area contributed by atoms with Crippen LogP contribution >= 0.6 is 0 Å². The molecule has 0 spiro atoms. The third-order valence-electron chi connectivity index (χ3n) is 3.55. The molecule has 0 atom stereocenters. The lowest BCUT2D eigenvalue weighted by atomic mass is 10.1. The van der Waals surface area contributed by atoms with Crippen LogP contribution in [-0.2, 0) is 13.6 Å². The van der Waals surface area contributed by atoms with E-state index in [2.05, 4.69) is 4.98 Å². The molecule has 0 unspecified atom stereocenters. The molecule has 3 rings (SSSR count). The van der Waals surface area contributed by atoms with Crippen molar-refractivity contribution in [1.82, 2.24) is 9.55 Å². The summed E-state index contributed by atoms with van der Waals surface area (Å²) in [6.07, 6.45) is 0.